The van der Waals surface area contributed by atoms with Crippen molar-refractivity contribution in [2.24, 2.45) is 5.92 Å². The van der Waals surface area contributed by atoms with Crippen LogP contribution in [0, 0.1) is 5.92 Å². The summed E-state index contributed by atoms with van der Waals surface area (Å²) >= 11 is 0. The van der Waals surface area contributed by atoms with Gasteiger partial charge in [0.25, 0.3) is 0 Å². The predicted molar refractivity (Wildman–Crippen MR) is 79.6 cm³/mol. The van der Waals surface area contributed by atoms with Crippen molar-refractivity contribution < 1.29 is 22.8 Å². The molecule has 128 valence electrons. The molecule has 0 unspecified atom stereocenters. The van der Waals surface area contributed by atoms with Crippen LogP contribution in [-0.4, -0.2) is 25.5 Å². The summed E-state index contributed by atoms with van der Waals surface area (Å²) in [6.45, 7) is 3.47. The van der Waals surface area contributed by atoms with E-state index in [1.165, 1.54) is 19.2 Å². The molecule has 0 saturated carbocycles. The van der Waals surface area contributed by atoms with Gasteiger partial charge in [-0.1, -0.05) is 26.0 Å². The number of urea groups is 1. The summed E-state index contributed by atoms with van der Waals surface area (Å²) in [5, 5.41) is 7.37. The van der Waals surface area contributed by atoms with Crippen molar-refractivity contribution in [2.75, 3.05) is 13.6 Å². The number of carbonyl (C=O) groups excluding carboxylic acids is 2. The topological polar surface area (TPSA) is 70.2 Å². The average molecular weight is 331 g/mol. The van der Waals surface area contributed by atoms with Crippen LogP contribution in [0.5, 0.6) is 0 Å². The van der Waals surface area contributed by atoms with E-state index >= 15 is 0 Å². The molecule has 1 aromatic carbocycles. The first kappa shape index (κ1) is 18.8. The number of carbonyl (C=O) groups is 2. The first-order chi connectivity index (χ1) is 10.6. The summed E-state index contributed by atoms with van der Waals surface area (Å²) < 4.78 is 37.7. The Morgan fingerprint density at radius 3 is 2.13 bits per heavy atom. The molecule has 1 rings (SSSR count). The summed E-state index contributed by atoms with van der Waals surface area (Å²) in [5.41, 5.74) is -0.169. The lowest BCUT2D eigenvalue weighted by atomic mass is 9.95. The van der Waals surface area contributed by atoms with E-state index in [0.717, 1.165) is 12.1 Å². The van der Waals surface area contributed by atoms with Crippen LogP contribution in [-0.2, 0) is 11.0 Å². The molecule has 5 nitrogen and oxygen atoms in total. The molecule has 1 aromatic rings. The number of nitrogens with one attached hydrogen (secondary N) is 3. The average Bonchev–Trinajstić information content (AvgIpc) is 2.49. The largest absolute Gasteiger partial charge is 0.416 e. The molecule has 0 radical (unpaired) electrons. The fraction of sp³-hybridized carbons (Fsp3) is 0.467. The van der Waals surface area contributed by atoms with E-state index in [9.17, 15) is 22.8 Å². The molecule has 1 atom stereocenters. The van der Waals surface area contributed by atoms with Gasteiger partial charge in [-0.05, 0) is 23.6 Å². The molecule has 0 heterocycles. The lowest BCUT2D eigenvalue weighted by Crippen LogP contribution is -2.42. The highest BCUT2D eigenvalue weighted by molar-refractivity contribution is 5.84. The third-order valence-electron chi connectivity index (χ3n) is 3.22. The van der Waals surface area contributed by atoms with Crippen molar-refractivity contribution >= 4 is 11.9 Å². The van der Waals surface area contributed by atoms with Gasteiger partial charge in [0.1, 0.15) is 0 Å². The van der Waals surface area contributed by atoms with Crippen LogP contribution >= 0.6 is 0 Å². The second kappa shape index (κ2) is 7.85. The minimum Gasteiger partial charge on any atom is -0.348 e. The zero-order chi connectivity index (χ0) is 17.6. The second-order valence-electron chi connectivity index (χ2n) is 5.34. The lowest BCUT2D eigenvalue weighted by Gasteiger charge is -2.23. The Hall–Kier alpha value is -2.25. The van der Waals surface area contributed by atoms with Gasteiger partial charge in [0.2, 0.25) is 5.91 Å². The summed E-state index contributed by atoms with van der Waals surface area (Å²) in [4.78, 5) is 22.9. The highest BCUT2D eigenvalue weighted by Gasteiger charge is 2.30. The normalized spacial score (nSPS) is 12.7. The molecule has 23 heavy (non-hydrogen) atoms. The minimum atomic E-state index is -4.40. The number of hydrogen-bond acceptors (Lipinski definition) is 2. The van der Waals surface area contributed by atoms with E-state index < -0.39 is 29.7 Å². The number of amides is 3. The van der Waals surface area contributed by atoms with Gasteiger partial charge in [0.05, 0.1) is 18.2 Å². The molecule has 0 aliphatic heterocycles. The molecule has 3 amide bonds. The van der Waals surface area contributed by atoms with E-state index in [2.05, 4.69) is 16.0 Å². The first-order valence-electron chi connectivity index (χ1n) is 7.07. The predicted octanol–water partition coefficient (Wildman–Crippen LogP) is 2.45. The monoisotopic (exact) mass is 331 g/mol. The van der Waals surface area contributed by atoms with Crippen LogP contribution in [0.3, 0.4) is 0 Å². The van der Waals surface area contributed by atoms with Gasteiger partial charge in [-0.2, -0.15) is 13.2 Å². The first-order valence-corrected chi connectivity index (χ1v) is 7.07. The van der Waals surface area contributed by atoms with Gasteiger partial charge < -0.3 is 16.0 Å². The second-order valence-corrected chi connectivity index (χ2v) is 5.34. The van der Waals surface area contributed by atoms with Crippen LogP contribution in [0.2, 0.25) is 0 Å². The van der Waals surface area contributed by atoms with Crippen LogP contribution in [0.1, 0.15) is 31.0 Å². The molecule has 0 aliphatic carbocycles. The van der Waals surface area contributed by atoms with E-state index in [0.29, 0.717) is 5.56 Å². The number of alkyl halides is 3. The third-order valence-corrected chi connectivity index (χ3v) is 3.22. The highest BCUT2D eigenvalue weighted by Crippen LogP contribution is 2.31. The lowest BCUT2D eigenvalue weighted by molar-refractivity contribution is -0.137. The molecule has 0 aliphatic rings. The maximum absolute atomic E-state index is 12.6. The van der Waals surface area contributed by atoms with Crippen molar-refractivity contribution in [3.63, 3.8) is 0 Å². The third kappa shape index (κ3) is 5.80. The van der Waals surface area contributed by atoms with Gasteiger partial charge >= 0.3 is 12.2 Å². The SMILES string of the molecule is CNC(=O)NCC(=O)N[C@H](c1ccc(C(F)(F)F)cc1)C(C)C. The van der Waals surface area contributed by atoms with Crippen LogP contribution in [0.4, 0.5) is 18.0 Å². The fourth-order valence-corrected chi connectivity index (χ4v) is 1.99. The van der Waals surface area contributed by atoms with Crippen LogP contribution in [0.25, 0.3) is 0 Å². The zero-order valence-electron chi connectivity index (χ0n) is 13.1. The van der Waals surface area contributed by atoms with Crippen molar-refractivity contribution in [2.45, 2.75) is 26.1 Å². The Morgan fingerprint density at radius 1 is 1.13 bits per heavy atom. The van der Waals surface area contributed by atoms with Crippen molar-refractivity contribution in [3.05, 3.63) is 35.4 Å². The molecule has 8 heteroatoms. The van der Waals surface area contributed by atoms with Crippen LogP contribution in [0.15, 0.2) is 24.3 Å². The van der Waals surface area contributed by atoms with E-state index in [1.54, 1.807) is 0 Å². The Balaban J connectivity index is 2.79. The summed E-state index contributed by atoms with van der Waals surface area (Å²) in [6.07, 6.45) is -4.40. The zero-order valence-corrected chi connectivity index (χ0v) is 13.1. The number of benzene rings is 1. The summed E-state index contributed by atoms with van der Waals surface area (Å²) in [5.74, 6) is -0.456. The van der Waals surface area contributed by atoms with E-state index in [4.69, 9.17) is 0 Å². The maximum Gasteiger partial charge on any atom is 0.416 e. The summed E-state index contributed by atoms with van der Waals surface area (Å²) in [7, 11) is 1.42. The van der Waals surface area contributed by atoms with Crippen molar-refractivity contribution in [3.8, 4) is 0 Å². The molecule has 0 bridgehead atoms. The van der Waals surface area contributed by atoms with Gasteiger partial charge in [-0.15, -0.1) is 0 Å². The van der Waals surface area contributed by atoms with Crippen LogP contribution < -0.4 is 16.0 Å². The van der Waals surface area contributed by atoms with Gasteiger partial charge in [0.15, 0.2) is 0 Å². The Morgan fingerprint density at radius 2 is 1.70 bits per heavy atom. The van der Waals surface area contributed by atoms with Gasteiger partial charge in [-0.25, -0.2) is 4.79 Å². The van der Waals surface area contributed by atoms with Gasteiger partial charge in [-0.3, -0.25) is 4.79 Å². The van der Waals surface area contributed by atoms with Crippen molar-refractivity contribution in [1.29, 1.82) is 0 Å². The quantitative estimate of drug-likeness (QED) is 0.776. The molecule has 3 N–H and O–H groups in total. The van der Waals surface area contributed by atoms with E-state index in [-0.39, 0.29) is 12.5 Å². The fourth-order valence-electron chi connectivity index (χ4n) is 1.99. The molecular weight excluding hydrogens is 311 g/mol. The van der Waals surface area contributed by atoms with Crippen molar-refractivity contribution in [1.82, 2.24) is 16.0 Å². The number of halogens is 3. The summed E-state index contributed by atoms with van der Waals surface area (Å²) in [6, 6.07) is 3.73. The van der Waals surface area contributed by atoms with Gasteiger partial charge in [0, 0.05) is 7.05 Å². The molecule has 0 aromatic heterocycles. The molecule has 0 spiro atoms. The Kier molecular flexibility index (Phi) is 6.41. The molecular formula is C15H20F3N3O2. The smallest absolute Gasteiger partial charge is 0.348 e. The molecule has 0 fully saturated rings. The Labute approximate surface area is 132 Å². The maximum atomic E-state index is 12.6. The molecule has 0 saturated heterocycles. The Bertz CT molecular complexity index is 542. The minimum absolute atomic E-state index is 0.0318. The standard InChI is InChI=1S/C15H20F3N3O2/c1-9(2)13(21-12(22)8-20-14(23)19-3)10-4-6-11(7-5-10)15(16,17)18/h4-7,9,13H,8H2,1-3H3,(H,21,22)(H2,19,20,23)/t13-/m0/s1. The van der Waals surface area contributed by atoms with E-state index in [1.807, 2.05) is 13.8 Å². The number of rotatable bonds is 5. The number of hydrogen-bond donors (Lipinski definition) is 3. The highest BCUT2D eigenvalue weighted by atomic mass is 19.4.